The molecule has 0 aliphatic carbocycles. The molecule has 0 aromatic rings. The second-order valence-electron chi connectivity index (χ2n) is 2.02. The Morgan fingerprint density at radius 2 is 1.06 bits per heavy atom. The molecule has 0 fully saturated rings. The molecule has 0 amide bonds. The summed E-state index contributed by atoms with van der Waals surface area (Å²) in [5.41, 5.74) is 0. The van der Waals surface area contributed by atoms with E-state index in [-0.39, 0.29) is 42.8 Å². The van der Waals surface area contributed by atoms with E-state index in [0.717, 1.165) is 0 Å². The molecule has 102 valence electrons. The molecule has 0 saturated carbocycles. The smallest absolute Gasteiger partial charge is 0.756 e. The Balaban J connectivity index is -0.0000000729. The quantitative estimate of drug-likeness (QED) is 0.177. The van der Waals surface area contributed by atoms with Crippen molar-refractivity contribution < 1.29 is 83.4 Å². The van der Waals surface area contributed by atoms with E-state index in [1.54, 1.807) is 0 Å². The van der Waals surface area contributed by atoms with Crippen LogP contribution in [0.25, 0.3) is 0 Å². The van der Waals surface area contributed by atoms with Crippen LogP contribution < -0.4 is 34.5 Å². The second kappa shape index (κ2) is 13.5. The van der Waals surface area contributed by atoms with Crippen LogP contribution in [0.15, 0.2) is 0 Å². The maximum Gasteiger partial charge on any atom is 1.00 e. The first-order valence-corrected chi connectivity index (χ1v) is 6.35. The van der Waals surface area contributed by atoms with Crippen molar-refractivity contribution in [1.29, 1.82) is 0 Å². The van der Waals surface area contributed by atoms with Gasteiger partial charge in [-0.3, -0.25) is 4.57 Å². The van der Waals surface area contributed by atoms with E-state index in [1.165, 1.54) is 0 Å². The van der Waals surface area contributed by atoms with Crippen molar-refractivity contribution in [3.05, 3.63) is 0 Å². The van der Waals surface area contributed by atoms with Gasteiger partial charge in [0.05, 0.1) is 13.2 Å². The molecule has 17 heavy (non-hydrogen) atoms. The molecule has 0 saturated heterocycles. The zero-order valence-corrected chi connectivity index (χ0v) is 12.5. The number of rotatable bonds is 2. The molecule has 0 aromatic heterocycles. The van der Waals surface area contributed by atoms with Crippen LogP contribution in [-0.2, 0) is 9.13 Å². The zero-order valence-electron chi connectivity index (χ0n) is 8.69. The van der Waals surface area contributed by atoms with Gasteiger partial charge in [-0.1, -0.05) is 0 Å². The molecule has 0 atom stereocenters. The largest absolute Gasteiger partial charge is 1.00 e. The molecule has 0 unspecified atom stereocenters. The molecule has 0 aliphatic rings. The number of hydrogen-bond donors (Lipinski definition) is 8. The van der Waals surface area contributed by atoms with Gasteiger partial charge in [-0.2, -0.15) is 0 Å². The predicted octanol–water partition coefficient (Wildman–Crippen LogP) is -7.15. The fourth-order valence-corrected chi connectivity index (χ4v) is 0.0577. The molecule has 0 heterocycles. The molecular weight excluding hydrogens is 297 g/mol. The first-order valence-electron chi connectivity index (χ1n) is 3.25. The van der Waals surface area contributed by atoms with E-state index in [1.807, 2.05) is 0 Å². The van der Waals surface area contributed by atoms with Gasteiger partial charge in [-0.15, -0.1) is 0 Å². The fraction of sp³-hybridized carbons (Fsp3) is 1.00. The van der Waals surface area contributed by atoms with Gasteiger partial charge in [0.2, 0.25) is 0 Å². The first-order chi connectivity index (χ1) is 6.81. The summed E-state index contributed by atoms with van der Waals surface area (Å²) in [5, 5.41) is 24.0. The third-order valence-corrected chi connectivity index (χ3v) is 0.421. The monoisotopic (exact) mass is 310 g/mol. The van der Waals surface area contributed by atoms with E-state index in [4.69, 9.17) is 53.8 Å². The summed E-state index contributed by atoms with van der Waals surface area (Å²) in [7, 11) is -9.53. The minimum Gasteiger partial charge on any atom is -0.756 e. The van der Waals surface area contributed by atoms with Crippen LogP contribution in [0, 0.1) is 0 Å². The minimum atomic E-state index is -4.89. The zero-order chi connectivity index (χ0) is 14.0. The Morgan fingerprint density at radius 3 is 1.06 bits per heavy atom. The summed E-state index contributed by atoms with van der Waals surface area (Å²) in [4.78, 5) is 44.5. The first kappa shape index (κ1) is 26.6. The fourth-order valence-electron chi connectivity index (χ4n) is 0.0577. The van der Waals surface area contributed by atoms with Crippen LogP contribution in [0.2, 0.25) is 0 Å². The molecule has 0 bridgehead atoms. The van der Waals surface area contributed by atoms with Crippen molar-refractivity contribution in [2.24, 2.45) is 0 Å². The minimum absolute atomic E-state index is 0. The van der Waals surface area contributed by atoms with Gasteiger partial charge in [0.1, 0.15) is 6.10 Å². The normalized spacial score (nSPS) is 10.5. The maximum absolute atomic E-state index is 8.88. The number of aliphatic hydroxyl groups is 3. The Morgan fingerprint density at radius 1 is 0.941 bits per heavy atom. The van der Waals surface area contributed by atoms with Crippen LogP contribution in [0.3, 0.4) is 0 Å². The van der Waals surface area contributed by atoms with Crippen molar-refractivity contribution in [1.82, 2.24) is 0 Å². The Labute approximate surface area is 118 Å². The molecular formula is C3H13NaO11P2. The third kappa shape index (κ3) is 150. The van der Waals surface area contributed by atoms with Gasteiger partial charge in [-0.25, -0.2) is 4.57 Å². The van der Waals surface area contributed by atoms with E-state index in [0.29, 0.717) is 0 Å². The molecule has 8 N–H and O–H groups in total. The van der Waals surface area contributed by atoms with E-state index in [9.17, 15) is 0 Å². The van der Waals surface area contributed by atoms with Crippen LogP contribution in [-0.4, -0.2) is 59.1 Å². The van der Waals surface area contributed by atoms with Gasteiger partial charge < -0.3 is 44.7 Å². The predicted molar refractivity (Wildman–Crippen MR) is 46.5 cm³/mol. The SMILES string of the molecule is O=P(O)(O)O.O=P([O-])(O)O.OCC(O)CO.[Na+]. The number of phosphoric acid groups is 2. The van der Waals surface area contributed by atoms with Crippen molar-refractivity contribution in [3.8, 4) is 0 Å². The summed E-state index contributed by atoms with van der Waals surface area (Å²) >= 11 is 0. The van der Waals surface area contributed by atoms with Crippen LogP contribution in [0.4, 0.5) is 0 Å². The standard InChI is InChI=1S/C3H8O3.Na.2H3O4P/c4-1-3(6)2-5;;2*1-5(2,3)4/h3-6H,1-2H2;;2*(H3,1,2,3,4)/q;+1;;/p-1. The topological polar surface area (TPSA) is 219 Å². The Kier molecular flexibility index (Phi) is 21.2. The van der Waals surface area contributed by atoms with Gasteiger partial charge >= 0.3 is 37.4 Å². The average molecular weight is 310 g/mol. The third-order valence-electron chi connectivity index (χ3n) is 0.421. The molecule has 14 heteroatoms. The summed E-state index contributed by atoms with van der Waals surface area (Å²) in [6, 6.07) is 0. The van der Waals surface area contributed by atoms with Crippen molar-refractivity contribution >= 4 is 15.6 Å². The summed E-state index contributed by atoms with van der Waals surface area (Å²) in [6.07, 6.45) is -0.954. The Hall–Kier alpha value is 1.10. The molecule has 0 spiro atoms. The number of hydrogen-bond acceptors (Lipinski definition) is 6. The van der Waals surface area contributed by atoms with Gasteiger partial charge in [0.25, 0.3) is 7.82 Å². The van der Waals surface area contributed by atoms with Crippen molar-refractivity contribution in [2.75, 3.05) is 13.2 Å². The summed E-state index contributed by atoms with van der Waals surface area (Å²) < 4.78 is 17.7. The summed E-state index contributed by atoms with van der Waals surface area (Å²) in [5.74, 6) is 0. The van der Waals surface area contributed by atoms with E-state index >= 15 is 0 Å². The number of aliphatic hydroxyl groups excluding tert-OH is 3. The maximum atomic E-state index is 8.88. The second-order valence-corrected chi connectivity index (χ2v) is 4.03. The molecule has 0 radical (unpaired) electrons. The van der Waals surface area contributed by atoms with Gasteiger partial charge in [0, 0.05) is 0 Å². The van der Waals surface area contributed by atoms with E-state index < -0.39 is 21.7 Å². The Bertz CT molecular complexity index is 192. The van der Waals surface area contributed by atoms with Crippen molar-refractivity contribution in [3.63, 3.8) is 0 Å². The average Bonchev–Trinajstić information content (AvgIpc) is 1.96. The molecule has 0 aromatic carbocycles. The van der Waals surface area contributed by atoms with Gasteiger partial charge in [0.15, 0.2) is 0 Å². The van der Waals surface area contributed by atoms with Crippen LogP contribution in [0.1, 0.15) is 0 Å². The van der Waals surface area contributed by atoms with Crippen LogP contribution >= 0.6 is 15.6 Å². The van der Waals surface area contributed by atoms with Crippen molar-refractivity contribution in [2.45, 2.75) is 6.10 Å². The van der Waals surface area contributed by atoms with E-state index in [2.05, 4.69) is 0 Å². The molecule has 11 nitrogen and oxygen atoms in total. The molecule has 0 rings (SSSR count). The molecule has 0 aliphatic heterocycles. The van der Waals surface area contributed by atoms with Gasteiger partial charge in [-0.05, 0) is 0 Å². The van der Waals surface area contributed by atoms with Crippen LogP contribution in [0.5, 0.6) is 0 Å². The summed E-state index contributed by atoms with van der Waals surface area (Å²) in [6.45, 7) is -0.729.